The molecule has 1 amide bonds. The van der Waals surface area contributed by atoms with Gasteiger partial charge in [-0.1, -0.05) is 59.6 Å². The first-order chi connectivity index (χ1) is 15.7. The predicted octanol–water partition coefficient (Wildman–Crippen LogP) is 4.04. The van der Waals surface area contributed by atoms with Crippen molar-refractivity contribution in [2.24, 2.45) is 5.10 Å². The number of carbonyl (C=O) groups excluding carboxylic acids is 1. The van der Waals surface area contributed by atoms with Gasteiger partial charge >= 0.3 is 5.97 Å². The first-order valence-corrected chi connectivity index (χ1v) is 11.6. The molecule has 0 radical (unpaired) electrons. The Morgan fingerprint density at radius 1 is 0.970 bits per heavy atom. The zero-order valence-electron chi connectivity index (χ0n) is 16.9. The minimum absolute atomic E-state index is 0.0199. The maximum atomic E-state index is 13.3. The monoisotopic (exact) mass is 505 g/mol. The van der Waals surface area contributed by atoms with Crippen LogP contribution in [0.15, 0.2) is 82.8 Å². The third-order valence-electron chi connectivity index (χ3n) is 4.38. The van der Waals surface area contributed by atoms with Crippen molar-refractivity contribution in [1.82, 2.24) is 5.43 Å². The number of hydrazone groups is 1. The van der Waals surface area contributed by atoms with Gasteiger partial charge in [-0.15, -0.1) is 0 Å². The van der Waals surface area contributed by atoms with Crippen molar-refractivity contribution < 1.29 is 23.1 Å². The molecule has 2 N–H and O–H groups in total. The van der Waals surface area contributed by atoms with Gasteiger partial charge in [0.05, 0.1) is 32.4 Å². The van der Waals surface area contributed by atoms with E-state index in [1.165, 1.54) is 60.8 Å². The number of benzene rings is 3. The Morgan fingerprint density at radius 3 is 2.27 bits per heavy atom. The fraction of sp³-hybridized carbons (Fsp3) is 0.0455. The van der Waals surface area contributed by atoms with Crippen LogP contribution in [0.25, 0.3) is 0 Å². The molecule has 0 saturated carbocycles. The molecule has 0 aliphatic rings. The van der Waals surface area contributed by atoms with Crippen LogP contribution in [0.2, 0.25) is 10.0 Å². The topological polar surface area (TPSA) is 116 Å². The van der Waals surface area contributed by atoms with Gasteiger partial charge in [0.15, 0.2) is 0 Å². The Kier molecular flexibility index (Phi) is 7.70. The smallest absolute Gasteiger partial charge is 0.335 e. The lowest BCUT2D eigenvalue weighted by Crippen LogP contribution is -2.39. The number of carboxylic acids is 1. The minimum atomic E-state index is -4.16. The standard InChI is InChI=1S/C22H17Cl2N3O5S/c23-18-7-4-8-19(21(18)24)27(33(31,32)17-5-2-1-3-6-17)14-20(28)26-25-13-15-9-11-16(12-10-15)22(29)30/h1-13H,14H2,(H,26,28)(H,29,30)/b25-13-. The number of rotatable bonds is 8. The molecule has 0 spiro atoms. The number of anilines is 1. The van der Waals surface area contributed by atoms with E-state index in [0.29, 0.717) is 5.56 Å². The molecule has 33 heavy (non-hydrogen) atoms. The summed E-state index contributed by atoms with van der Waals surface area (Å²) in [5.74, 6) is -1.80. The van der Waals surface area contributed by atoms with E-state index < -0.39 is 28.4 Å². The van der Waals surface area contributed by atoms with Crippen LogP contribution < -0.4 is 9.73 Å². The minimum Gasteiger partial charge on any atom is -0.478 e. The highest BCUT2D eigenvalue weighted by molar-refractivity contribution is 7.92. The Balaban J connectivity index is 1.83. The number of nitrogens with zero attached hydrogens (tertiary/aromatic N) is 2. The normalized spacial score (nSPS) is 11.3. The van der Waals surface area contributed by atoms with Crippen molar-refractivity contribution in [1.29, 1.82) is 0 Å². The molecule has 3 rings (SSSR count). The number of amides is 1. The lowest BCUT2D eigenvalue weighted by atomic mass is 10.1. The van der Waals surface area contributed by atoms with E-state index in [9.17, 15) is 18.0 Å². The molecule has 3 aromatic rings. The van der Waals surface area contributed by atoms with Gasteiger partial charge in [0.2, 0.25) is 0 Å². The number of aromatic carboxylic acids is 1. The summed E-state index contributed by atoms with van der Waals surface area (Å²) in [6.07, 6.45) is 1.30. The van der Waals surface area contributed by atoms with Crippen molar-refractivity contribution in [2.45, 2.75) is 4.90 Å². The molecule has 0 heterocycles. The SMILES string of the molecule is O=C(CN(c1cccc(Cl)c1Cl)S(=O)(=O)c1ccccc1)N/N=C\c1ccc(C(=O)O)cc1. The van der Waals surface area contributed by atoms with Crippen LogP contribution in [0, 0.1) is 0 Å². The van der Waals surface area contributed by atoms with Gasteiger partial charge in [0.1, 0.15) is 6.54 Å². The summed E-state index contributed by atoms with van der Waals surface area (Å²) in [4.78, 5) is 23.4. The summed E-state index contributed by atoms with van der Waals surface area (Å²) in [6, 6.07) is 17.9. The number of hydrogen-bond acceptors (Lipinski definition) is 5. The van der Waals surface area contributed by atoms with E-state index in [0.717, 1.165) is 4.31 Å². The first kappa shape index (κ1) is 24.2. The second kappa shape index (κ2) is 10.5. The van der Waals surface area contributed by atoms with E-state index in [1.54, 1.807) is 18.2 Å². The summed E-state index contributed by atoms with van der Waals surface area (Å²) in [7, 11) is -4.16. The Bertz CT molecular complexity index is 1300. The van der Waals surface area contributed by atoms with E-state index >= 15 is 0 Å². The molecule has 8 nitrogen and oxygen atoms in total. The molecule has 0 bridgehead atoms. The van der Waals surface area contributed by atoms with Crippen molar-refractivity contribution >= 4 is 57.0 Å². The summed E-state index contributed by atoms with van der Waals surface area (Å²) < 4.78 is 27.4. The van der Waals surface area contributed by atoms with Crippen molar-refractivity contribution in [3.8, 4) is 0 Å². The van der Waals surface area contributed by atoms with Gasteiger partial charge in [0.25, 0.3) is 15.9 Å². The van der Waals surface area contributed by atoms with Crippen LogP contribution in [-0.4, -0.2) is 38.2 Å². The Hall–Kier alpha value is -3.40. The molecule has 0 aliphatic heterocycles. The average molecular weight is 506 g/mol. The molecule has 3 aromatic carbocycles. The number of sulfonamides is 1. The maximum Gasteiger partial charge on any atom is 0.335 e. The van der Waals surface area contributed by atoms with Gasteiger partial charge in [-0.05, 0) is 42.0 Å². The van der Waals surface area contributed by atoms with Gasteiger partial charge < -0.3 is 5.11 Å². The zero-order valence-corrected chi connectivity index (χ0v) is 19.2. The molecule has 11 heteroatoms. The number of halogens is 2. The number of carbonyl (C=O) groups is 2. The fourth-order valence-corrected chi connectivity index (χ4v) is 4.66. The summed E-state index contributed by atoms with van der Waals surface area (Å²) in [5.41, 5.74) is 2.94. The number of carboxylic acid groups (broad SMARTS) is 1. The number of nitrogens with one attached hydrogen (secondary N) is 1. The van der Waals surface area contributed by atoms with Crippen LogP contribution in [0.3, 0.4) is 0 Å². The van der Waals surface area contributed by atoms with Crippen molar-refractivity contribution in [3.63, 3.8) is 0 Å². The van der Waals surface area contributed by atoms with Crippen LogP contribution in [0.5, 0.6) is 0 Å². The Morgan fingerprint density at radius 2 is 1.64 bits per heavy atom. The first-order valence-electron chi connectivity index (χ1n) is 9.37. The highest BCUT2D eigenvalue weighted by Gasteiger charge is 2.29. The van der Waals surface area contributed by atoms with Crippen molar-refractivity contribution in [3.05, 3.63) is 94.0 Å². The summed E-state index contributed by atoms with van der Waals surface area (Å²) in [6.45, 7) is -0.618. The molecular formula is C22H17Cl2N3O5S. The van der Waals surface area contributed by atoms with Gasteiger partial charge in [-0.2, -0.15) is 5.10 Å². The van der Waals surface area contributed by atoms with Crippen LogP contribution in [-0.2, 0) is 14.8 Å². The largest absolute Gasteiger partial charge is 0.478 e. The molecule has 0 saturated heterocycles. The summed E-state index contributed by atoms with van der Waals surface area (Å²) >= 11 is 12.3. The van der Waals surface area contributed by atoms with E-state index in [-0.39, 0.29) is 26.2 Å². The average Bonchev–Trinajstić information content (AvgIpc) is 2.80. The van der Waals surface area contributed by atoms with E-state index in [4.69, 9.17) is 28.3 Å². The van der Waals surface area contributed by atoms with E-state index in [2.05, 4.69) is 10.5 Å². The second-order valence-electron chi connectivity index (χ2n) is 6.62. The Labute approximate surface area is 200 Å². The fourth-order valence-electron chi connectivity index (χ4n) is 2.76. The van der Waals surface area contributed by atoms with Crippen LogP contribution >= 0.6 is 23.2 Å². The highest BCUT2D eigenvalue weighted by Crippen LogP contribution is 2.35. The van der Waals surface area contributed by atoms with Gasteiger partial charge in [-0.25, -0.2) is 18.6 Å². The molecular weight excluding hydrogens is 489 g/mol. The third kappa shape index (κ3) is 5.89. The van der Waals surface area contributed by atoms with Crippen molar-refractivity contribution in [2.75, 3.05) is 10.8 Å². The predicted molar refractivity (Wildman–Crippen MR) is 127 cm³/mol. The van der Waals surface area contributed by atoms with Crippen LogP contribution in [0.4, 0.5) is 5.69 Å². The molecule has 0 aromatic heterocycles. The van der Waals surface area contributed by atoms with E-state index in [1.807, 2.05) is 0 Å². The second-order valence-corrected chi connectivity index (χ2v) is 9.27. The lowest BCUT2D eigenvalue weighted by molar-refractivity contribution is -0.119. The quantitative estimate of drug-likeness (QED) is 0.354. The molecule has 0 aliphatic carbocycles. The maximum absolute atomic E-state index is 13.3. The molecule has 170 valence electrons. The van der Waals surface area contributed by atoms with Gasteiger partial charge in [0, 0.05) is 0 Å². The number of hydrogen-bond donors (Lipinski definition) is 2. The van der Waals surface area contributed by atoms with Crippen LogP contribution in [0.1, 0.15) is 15.9 Å². The zero-order chi connectivity index (χ0) is 24.0. The lowest BCUT2D eigenvalue weighted by Gasteiger charge is -2.24. The van der Waals surface area contributed by atoms with Gasteiger partial charge in [-0.3, -0.25) is 9.10 Å². The highest BCUT2D eigenvalue weighted by atomic mass is 35.5. The molecule has 0 fully saturated rings. The summed E-state index contributed by atoms with van der Waals surface area (Å²) in [5, 5.41) is 12.8. The molecule has 0 atom stereocenters. The molecule has 0 unspecified atom stereocenters. The third-order valence-corrected chi connectivity index (χ3v) is 6.96.